The van der Waals surface area contributed by atoms with Crippen LogP contribution in [0.25, 0.3) is 0 Å². The largest absolute Gasteiger partial charge is 0.387 e. The van der Waals surface area contributed by atoms with Crippen LogP contribution in [-0.2, 0) is 11.3 Å². The van der Waals surface area contributed by atoms with E-state index in [0.29, 0.717) is 16.5 Å². The average Bonchev–Trinajstić information content (AvgIpc) is 3.67. The lowest BCUT2D eigenvalue weighted by Crippen LogP contribution is -2.35. The van der Waals surface area contributed by atoms with Crippen LogP contribution in [0.2, 0.25) is 15.1 Å². The molecule has 4 rings (SSSR count). The Kier molecular flexibility index (Phi) is 8.02. The standard InChI is InChI=1S/C27H25Cl3N2O3/c1-16(33)31-23-13-12-22(29)26(30)25(23)27(35)32(15-24(34)20-8-10-21(28)11-9-20)14-17-2-4-18(5-3-17)19-6-7-19/h2-5,8-13,19,24,34H,6-7,14-15H2,1H3,(H,31,33)/t24-/m0/s1. The van der Waals surface area contributed by atoms with Gasteiger partial charge in [0.2, 0.25) is 5.91 Å². The lowest BCUT2D eigenvalue weighted by molar-refractivity contribution is -0.114. The average molecular weight is 532 g/mol. The molecule has 3 aromatic carbocycles. The van der Waals surface area contributed by atoms with Crippen LogP contribution in [0.4, 0.5) is 5.69 Å². The van der Waals surface area contributed by atoms with E-state index in [9.17, 15) is 14.7 Å². The summed E-state index contributed by atoms with van der Waals surface area (Å²) in [6.45, 7) is 1.57. The van der Waals surface area contributed by atoms with Gasteiger partial charge in [0.05, 0.1) is 33.9 Å². The maximum absolute atomic E-state index is 13.8. The Labute approximate surface area is 219 Å². The molecule has 0 heterocycles. The molecule has 0 radical (unpaired) electrons. The summed E-state index contributed by atoms with van der Waals surface area (Å²) in [5, 5.41) is 14.4. The SMILES string of the molecule is CC(=O)Nc1ccc(Cl)c(Cl)c1C(=O)N(Cc1ccc(C2CC2)cc1)C[C@H](O)c1ccc(Cl)cc1. The van der Waals surface area contributed by atoms with E-state index in [1.165, 1.54) is 36.3 Å². The number of aliphatic hydroxyl groups excluding tert-OH is 1. The van der Waals surface area contributed by atoms with E-state index in [4.69, 9.17) is 34.8 Å². The van der Waals surface area contributed by atoms with Crippen LogP contribution in [0.15, 0.2) is 60.7 Å². The van der Waals surface area contributed by atoms with Gasteiger partial charge in [-0.1, -0.05) is 71.2 Å². The smallest absolute Gasteiger partial charge is 0.257 e. The van der Waals surface area contributed by atoms with E-state index in [-0.39, 0.29) is 40.3 Å². The minimum Gasteiger partial charge on any atom is -0.387 e. The Bertz CT molecular complexity index is 1230. The molecule has 1 atom stereocenters. The third kappa shape index (κ3) is 6.36. The highest BCUT2D eigenvalue weighted by molar-refractivity contribution is 6.44. The van der Waals surface area contributed by atoms with Gasteiger partial charge in [-0.25, -0.2) is 0 Å². The van der Waals surface area contributed by atoms with Gasteiger partial charge in [0.1, 0.15) is 0 Å². The number of anilines is 1. The molecule has 0 saturated heterocycles. The maximum atomic E-state index is 13.8. The molecule has 3 aromatic rings. The fourth-order valence-electron chi connectivity index (χ4n) is 3.96. The zero-order valence-corrected chi connectivity index (χ0v) is 21.4. The number of benzene rings is 3. The van der Waals surface area contributed by atoms with Crippen molar-refractivity contribution in [2.75, 3.05) is 11.9 Å². The number of hydrogen-bond acceptors (Lipinski definition) is 3. The summed E-state index contributed by atoms with van der Waals surface area (Å²) >= 11 is 18.7. The van der Waals surface area contributed by atoms with Gasteiger partial charge < -0.3 is 15.3 Å². The quantitative estimate of drug-likeness (QED) is 0.334. The summed E-state index contributed by atoms with van der Waals surface area (Å²) in [7, 11) is 0. The number of carbonyl (C=O) groups excluding carboxylic acids is 2. The second kappa shape index (κ2) is 11.0. The number of carbonyl (C=O) groups is 2. The molecular weight excluding hydrogens is 507 g/mol. The topological polar surface area (TPSA) is 69.6 Å². The van der Waals surface area contributed by atoms with E-state index in [0.717, 1.165) is 5.56 Å². The molecular formula is C27H25Cl3N2O3. The third-order valence-electron chi connectivity index (χ3n) is 5.96. The van der Waals surface area contributed by atoms with Crippen LogP contribution >= 0.6 is 34.8 Å². The van der Waals surface area contributed by atoms with Gasteiger partial charge in [-0.15, -0.1) is 0 Å². The minimum atomic E-state index is -0.968. The molecule has 5 nitrogen and oxygen atoms in total. The number of rotatable bonds is 8. The van der Waals surface area contributed by atoms with E-state index < -0.39 is 12.0 Å². The molecule has 35 heavy (non-hydrogen) atoms. The molecule has 1 aliphatic rings. The Morgan fingerprint density at radius 3 is 2.26 bits per heavy atom. The Hall–Kier alpha value is -2.57. The third-order valence-corrected chi connectivity index (χ3v) is 7.01. The minimum absolute atomic E-state index is 0.00675. The molecule has 0 unspecified atom stereocenters. The molecule has 1 fully saturated rings. The Morgan fingerprint density at radius 2 is 1.66 bits per heavy atom. The lowest BCUT2D eigenvalue weighted by Gasteiger charge is -2.27. The van der Waals surface area contributed by atoms with Crippen molar-refractivity contribution in [3.8, 4) is 0 Å². The number of hydrogen-bond donors (Lipinski definition) is 2. The van der Waals surface area contributed by atoms with E-state index in [1.54, 1.807) is 30.3 Å². The molecule has 8 heteroatoms. The van der Waals surface area contributed by atoms with Gasteiger partial charge in [0, 0.05) is 18.5 Å². The van der Waals surface area contributed by atoms with Crippen molar-refractivity contribution in [1.29, 1.82) is 0 Å². The highest BCUT2D eigenvalue weighted by atomic mass is 35.5. The van der Waals surface area contributed by atoms with Gasteiger partial charge in [0.15, 0.2) is 0 Å². The normalized spacial score (nSPS) is 13.9. The van der Waals surface area contributed by atoms with Crippen LogP contribution in [0.3, 0.4) is 0 Å². The number of amides is 2. The number of nitrogens with one attached hydrogen (secondary N) is 1. The Balaban J connectivity index is 1.67. The zero-order valence-electron chi connectivity index (χ0n) is 19.1. The lowest BCUT2D eigenvalue weighted by atomic mass is 10.0. The number of halogens is 3. The molecule has 1 aliphatic carbocycles. The van der Waals surface area contributed by atoms with Gasteiger partial charge in [-0.05, 0) is 59.7 Å². The van der Waals surface area contributed by atoms with Crippen LogP contribution < -0.4 is 5.32 Å². The van der Waals surface area contributed by atoms with Gasteiger partial charge in [-0.3, -0.25) is 9.59 Å². The molecule has 182 valence electrons. The maximum Gasteiger partial charge on any atom is 0.257 e. The second-order valence-electron chi connectivity index (χ2n) is 8.73. The van der Waals surface area contributed by atoms with E-state index in [1.807, 2.05) is 12.1 Å². The van der Waals surface area contributed by atoms with Crippen molar-refractivity contribution < 1.29 is 14.7 Å². The summed E-state index contributed by atoms with van der Waals surface area (Å²) in [5.74, 6) is -0.180. The summed E-state index contributed by atoms with van der Waals surface area (Å²) in [5.41, 5.74) is 3.15. The van der Waals surface area contributed by atoms with Gasteiger partial charge in [-0.2, -0.15) is 0 Å². The van der Waals surface area contributed by atoms with Crippen molar-refractivity contribution in [3.05, 3.63) is 98.0 Å². The molecule has 0 aliphatic heterocycles. The highest BCUT2D eigenvalue weighted by Crippen LogP contribution is 2.40. The first-order valence-corrected chi connectivity index (χ1v) is 12.4. The zero-order chi connectivity index (χ0) is 25.1. The van der Waals surface area contributed by atoms with Gasteiger partial charge >= 0.3 is 0 Å². The van der Waals surface area contributed by atoms with Crippen LogP contribution in [0.1, 0.15) is 58.8 Å². The first-order valence-electron chi connectivity index (χ1n) is 11.3. The van der Waals surface area contributed by atoms with Crippen LogP contribution in [0, 0.1) is 0 Å². The molecule has 0 bridgehead atoms. The monoisotopic (exact) mass is 530 g/mol. The summed E-state index contributed by atoms with van der Waals surface area (Å²) in [6.07, 6.45) is 1.44. The first-order chi connectivity index (χ1) is 16.7. The van der Waals surface area contributed by atoms with Crippen molar-refractivity contribution in [2.24, 2.45) is 0 Å². The van der Waals surface area contributed by atoms with E-state index >= 15 is 0 Å². The fraction of sp³-hybridized carbons (Fsp3) is 0.259. The molecule has 0 aromatic heterocycles. The highest BCUT2D eigenvalue weighted by Gasteiger charge is 2.27. The summed E-state index contributed by atoms with van der Waals surface area (Å²) in [4.78, 5) is 27.1. The first kappa shape index (κ1) is 25.5. The molecule has 0 spiro atoms. The van der Waals surface area contributed by atoms with E-state index in [2.05, 4.69) is 17.4 Å². The number of nitrogens with zero attached hydrogens (tertiary/aromatic N) is 1. The molecule has 2 amide bonds. The van der Waals surface area contributed by atoms with Crippen molar-refractivity contribution in [1.82, 2.24) is 4.90 Å². The summed E-state index contributed by atoms with van der Waals surface area (Å²) in [6, 6.07) is 18.0. The van der Waals surface area contributed by atoms with Crippen LogP contribution in [0.5, 0.6) is 0 Å². The predicted octanol–water partition coefficient (Wildman–Crippen LogP) is 6.86. The van der Waals surface area contributed by atoms with Crippen molar-refractivity contribution in [2.45, 2.75) is 38.3 Å². The van der Waals surface area contributed by atoms with Crippen LogP contribution in [-0.4, -0.2) is 28.4 Å². The molecule has 2 N–H and O–H groups in total. The van der Waals surface area contributed by atoms with Crippen molar-refractivity contribution >= 4 is 52.3 Å². The number of aliphatic hydroxyl groups is 1. The second-order valence-corrected chi connectivity index (χ2v) is 9.96. The Morgan fingerprint density at radius 1 is 1.00 bits per heavy atom. The molecule has 1 saturated carbocycles. The fourth-order valence-corrected chi connectivity index (χ4v) is 4.49. The predicted molar refractivity (Wildman–Crippen MR) is 140 cm³/mol. The summed E-state index contributed by atoms with van der Waals surface area (Å²) < 4.78 is 0. The van der Waals surface area contributed by atoms with Gasteiger partial charge in [0.25, 0.3) is 5.91 Å². The van der Waals surface area contributed by atoms with Crippen molar-refractivity contribution in [3.63, 3.8) is 0 Å².